The number of benzene rings is 1. The lowest BCUT2D eigenvalue weighted by atomic mass is 9.84. The van der Waals surface area contributed by atoms with Gasteiger partial charge in [-0.3, -0.25) is 0 Å². The lowest BCUT2D eigenvalue weighted by molar-refractivity contribution is 0.0614. The van der Waals surface area contributed by atoms with E-state index in [0.717, 1.165) is 44.6 Å². The number of hydrogen-bond acceptors (Lipinski definition) is 2. The van der Waals surface area contributed by atoms with Gasteiger partial charge in [0, 0.05) is 25.3 Å². The molecule has 118 valence electrons. The van der Waals surface area contributed by atoms with E-state index in [4.69, 9.17) is 4.74 Å². The van der Waals surface area contributed by atoms with Crippen LogP contribution >= 0.6 is 0 Å². The van der Waals surface area contributed by atoms with Crippen LogP contribution in [-0.2, 0) is 4.74 Å². The molecular weight excluding hydrogens is 265 g/mol. The van der Waals surface area contributed by atoms with Gasteiger partial charge in [0.05, 0.1) is 0 Å². The average Bonchev–Trinajstić information content (AvgIpc) is 2.43. The van der Waals surface area contributed by atoms with Crippen molar-refractivity contribution < 1.29 is 9.13 Å². The van der Waals surface area contributed by atoms with Crippen LogP contribution in [0.4, 0.5) is 4.39 Å². The number of halogens is 1. The zero-order chi connectivity index (χ0) is 15.3. The van der Waals surface area contributed by atoms with Crippen molar-refractivity contribution in [1.29, 1.82) is 0 Å². The third-order valence-corrected chi connectivity index (χ3v) is 4.16. The molecule has 1 aliphatic heterocycles. The molecule has 0 bridgehead atoms. The first-order chi connectivity index (χ1) is 9.94. The van der Waals surface area contributed by atoms with Crippen molar-refractivity contribution in [3.05, 3.63) is 35.6 Å². The minimum atomic E-state index is -0.139. The van der Waals surface area contributed by atoms with Gasteiger partial charge in [-0.25, -0.2) is 4.39 Å². The number of hydrogen-bond donors (Lipinski definition) is 1. The van der Waals surface area contributed by atoms with Crippen LogP contribution in [0.1, 0.15) is 51.5 Å². The molecule has 0 spiro atoms. The standard InChI is InChI=1S/C18H28FNO/c1-18(2,3)20-13-16(11-14-7-9-21-10-8-14)15-5-4-6-17(19)12-15/h4-6,12,14,16,20H,7-11,13H2,1-3H3. The fraction of sp³-hybridized carbons (Fsp3) is 0.667. The zero-order valence-electron chi connectivity index (χ0n) is 13.5. The Morgan fingerprint density at radius 2 is 2.00 bits per heavy atom. The van der Waals surface area contributed by atoms with Gasteiger partial charge in [0.1, 0.15) is 5.82 Å². The maximum Gasteiger partial charge on any atom is 0.123 e. The molecular formula is C18H28FNO. The molecule has 1 aliphatic rings. The maximum atomic E-state index is 13.5. The third-order valence-electron chi connectivity index (χ3n) is 4.16. The van der Waals surface area contributed by atoms with E-state index in [1.54, 1.807) is 6.07 Å². The molecule has 1 aromatic carbocycles. The van der Waals surface area contributed by atoms with Crippen LogP contribution in [0.25, 0.3) is 0 Å². The lowest BCUT2D eigenvalue weighted by Crippen LogP contribution is -2.39. The average molecular weight is 293 g/mol. The summed E-state index contributed by atoms with van der Waals surface area (Å²) in [6.07, 6.45) is 3.36. The van der Waals surface area contributed by atoms with Crippen molar-refractivity contribution in [3.63, 3.8) is 0 Å². The normalized spacial score (nSPS) is 18.7. The highest BCUT2D eigenvalue weighted by Crippen LogP contribution is 2.29. The van der Waals surface area contributed by atoms with Crippen LogP contribution in [0.3, 0.4) is 0 Å². The van der Waals surface area contributed by atoms with Crippen LogP contribution < -0.4 is 5.32 Å². The SMILES string of the molecule is CC(C)(C)NCC(CC1CCOCC1)c1cccc(F)c1. The molecule has 1 saturated heterocycles. The Kier molecular flexibility index (Phi) is 5.77. The van der Waals surface area contributed by atoms with E-state index < -0.39 is 0 Å². The quantitative estimate of drug-likeness (QED) is 0.882. The van der Waals surface area contributed by atoms with Gasteiger partial charge in [0.25, 0.3) is 0 Å². The summed E-state index contributed by atoms with van der Waals surface area (Å²) in [6, 6.07) is 7.08. The van der Waals surface area contributed by atoms with E-state index in [-0.39, 0.29) is 11.4 Å². The summed E-state index contributed by atoms with van der Waals surface area (Å²) in [7, 11) is 0. The van der Waals surface area contributed by atoms with Crippen LogP contribution in [0, 0.1) is 11.7 Å². The van der Waals surface area contributed by atoms with Crippen molar-refractivity contribution in [2.45, 2.75) is 51.5 Å². The Balaban J connectivity index is 2.05. The largest absolute Gasteiger partial charge is 0.381 e. The van der Waals surface area contributed by atoms with Gasteiger partial charge in [-0.1, -0.05) is 12.1 Å². The summed E-state index contributed by atoms with van der Waals surface area (Å²) < 4.78 is 19.0. The highest BCUT2D eigenvalue weighted by Gasteiger charge is 2.22. The Bertz CT molecular complexity index is 435. The van der Waals surface area contributed by atoms with Gasteiger partial charge in [-0.05, 0) is 69.6 Å². The second-order valence-electron chi connectivity index (χ2n) is 7.17. The van der Waals surface area contributed by atoms with E-state index in [1.165, 1.54) is 6.07 Å². The molecule has 3 heteroatoms. The molecule has 0 radical (unpaired) electrons. The molecule has 1 N–H and O–H groups in total. The first-order valence-corrected chi connectivity index (χ1v) is 8.02. The number of ether oxygens (including phenoxy) is 1. The van der Waals surface area contributed by atoms with Crippen molar-refractivity contribution in [2.24, 2.45) is 5.92 Å². The molecule has 1 heterocycles. The molecule has 21 heavy (non-hydrogen) atoms. The van der Waals surface area contributed by atoms with Gasteiger partial charge in [-0.15, -0.1) is 0 Å². The Hall–Kier alpha value is -0.930. The molecule has 0 aliphatic carbocycles. The Morgan fingerprint density at radius 1 is 1.29 bits per heavy atom. The minimum Gasteiger partial charge on any atom is -0.381 e. The van der Waals surface area contributed by atoms with Crippen LogP contribution in [0.5, 0.6) is 0 Å². The summed E-state index contributed by atoms with van der Waals surface area (Å²) in [5, 5.41) is 3.58. The molecule has 0 aromatic heterocycles. The molecule has 1 aromatic rings. The monoisotopic (exact) mass is 293 g/mol. The first-order valence-electron chi connectivity index (χ1n) is 8.02. The van der Waals surface area contributed by atoms with Crippen LogP contribution in [-0.4, -0.2) is 25.3 Å². The molecule has 0 amide bonds. The predicted octanol–water partition coefficient (Wildman–Crippen LogP) is 4.11. The zero-order valence-corrected chi connectivity index (χ0v) is 13.5. The fourth-order valence-electron chi connectivity index (χ4n) is 2.91. The Morgan fingerprint density at radius 3 is 2.62 bits per heavy atom. The molecule has 0 saturated carbocycles. The maximum absolute atomic E-state index is 13.5. The predicted molar refractivity (Wildman–Crippen MR) is 85.1 cm³/mol. The second-order valence-corrected chi connectivity index (χ2v) is 7.17. The summed E-state index contributed by atoms with van der Waals surface area (Å²) in [5.41, 5.74) is 1.19. The van der Waals surface area contributed by atoms with Gasteiger partial charge >= 0.3 is 0 Å². The van der Waals surface area contributed by atoms with Crippen molar-refractivity contribution in [3.8, 4) is 0 Å². The Labute approximate surface area is 128 Å². The van der Waals surface area contributed by atoms with Crippen molar-refractivity contribution in [1.82, 2.24) is 5.32 Å². The smallest absolute Gasteiger partial charge is 0.123 e. The summed E-state index contributed by atoms with van der Waals surface area (Å²) in [5.74, 6) is 0.914. The molecule has 2 rings (SSSR count). The summed E-state index contributed by atoms with van der Waals surface area (Å²) in [4.78, 5) is 0. The molecule has 1 fully saturated rings. The topological polar surface area (TPSA) is 21.3 Å². The molecule has 2 nitrogen and oxygen atoms in total. The van der Waals surface area contributed by atoms with E-state index >= 15 is 0 Å². The molecule has 1 atom stereocenters. The fourth-order valence-corrected chi connectivity index (χ4v) is 2.91. The van der Waals surface area contributed by atoms with Crippen molar-refractivity contribution in [2.75, 3.05) is 19.8 Å². The van der Waals surface area contributed by atoms with E-state index in [0.29, 0.717) is 11.8 Å². The highest BCUT2D eigenvalue weighted by molar-refractivity contribution is 5.21. The van der Waals surface area contributed by atoms with Crippen LogP contribution in [0.15, 0.2) is 24.3 Å². The van der Waals surface area contributed by atoms with Crippen molar-refractivity contribution >= 4 is 0 Å². The summed E-state index contributed by atoms with van der Waals surface area (Å²) >= 11 is 0. The van der Waals surface area contributed by atoms with E-state index in [9.17, 15) is 4.39 Å². The first kappa shape index (κ1) is 16.4. The van der Waals surface area contributed by atoms with Gasteiger partial charge in [-0.2, -0.15) is 0 Å². The third kappa shape index (κ3) is 5.76. The molecule has 1 unspecified atom stereocenters. The van der Waals surface area contributed by atoms with Crippen LogP contribution in [0.2, 0.25) is 0 Å². The number of rotatable bonds is 5. The van der Waals surface area contributed by atoms with Gasteiger partial charge in [0.2, 0.25) is 0 Å². The van der Waals surface area contributed by atoms with E-state index in [2.05, 4.69) is 32.2 Å². The highest BCUT2D eigenvalue weighted by atomic mass is 19.1. The van der Waals surface area contributed by atoms with E-state index in [1.807, 2.05) is 6.07 Å². The lowest BCUT2D eigenvalue weighted by Gasteiger charge is -2.30. The summed E-state index contributed by atoms with van der Waals surface area (Å²) in [6.45, 7) is 9.14. The number of nitrogens with one attached hydrogen (secondary N) is 1. The van der Waals surface area contributed by atoms with Gasteiger partial charge in [0.15, 0.2) is 0 Å². The van der Waals surface area contributed by atoms with Gasteiger partial charge < -0.3 is 10.1 Å². The minimum absolute atomic E-state index is 0.0846. The second kappa shape index (κ2) is 7.37.